The van der Waals surface area contributed by atoms with E-state index in [4.69, 9.17) is 4.74 Å². The van der Waals surface area contributed by atoms with Gasteiger partial charge in [0.2, 0.25) is 0 Å². The second kappa shape index (κ2) is 8.05. The molecule has 0 unspecified atom stereocenters. The number of cyclic esters (lactones) is 1. The predicted molar refractivity (Wildman–Crippen MR) is 119 cm³/mol. The van der Waals surface area contributed by atoms with Crippen molar-refractivity contribution in [2.45, 2.75) is 26.4 Å². The maximum absolute atomic E-state index is 12.4. The molecule has 3 aromatic carbocycles. The van der Waals surface area contributed by atoms with Gasteiger partial charge in [-0.05, 0) is 0 Å². The quantitative estimate of drug-likeness (QED) is 0.254. The molecular weight excluding hydrogens is 560 g/mol. The van der Waals surface area contributed by atoms with Crippen LogP contribution in [0.2, 0.25) is 0 Å². The Labute approximate surface area is 182 Å². The molecule has 1 heterocycles. The number of hydrogen-bond donors (Lipinski definition) is 0. The van der Waals surface area contributed by atoms with Gasteiger partial charge in [0.15, 0.2) is 0 Å². The van der Waals surface area contributed by atoms with Crippen LogP contribution in [0.4, 0.5) is 0 Å². The van der Waals surface area contributed by atoms with Crippen LogP contribution in [0.15, 0.2) is 100 Å². The number of ether oxygens (including phenoxy) is 1. The van der Waals surface area contributed by atoms with E-state index in [9.17, 15) is 4.79 Å². The van der Waals surface area contributed by atoms with Crippen molar-refractivity contribution in [3.05, 3.63) is 100 Å². The van der Waals surface area contributed by atoms with Crippen molar-refractivity contribution in [1.82, 2.24) is 0 Å². The predicted octanol–water partition coefficient (Wildman–Crippen LogP) is 4.32. The first kappa shape index (κ1) is 20.3. The molecule has 0 aliphatic carbocycles. The Balaban J connectivity index is 2.03. The molecule has 0 bridgehead atoms. The van der Waals surface area contributed by atoms with Crippen LogP contribution in [0.25, 0.3) is 0 Å². The van der Waals surface area contributed by atoms with Gasteiger partial charge in [-0.1, -0.05) is 0 Å². The van der Waals surface area contributed by atoms with E-state index >= 15 is 0 Å². The van der Waals surface area contributed by atoms with Crippen LogP contribution < -0.4 is 15.9 Å². The second-order valence-electron chi connectivity index (χ2n) is 7.58. The number of esters is 1. The number of benzene rings is 3. The molecule has 0 radical (unpaired) electrons. The molecule has 0 saturated heterocycles. The van der Waals surface area contributed by atoms with Crippen molar-refractivity contribution in [1.29, 1.82) is 0 Å². The van der Waals surface area contributed by atoms with Gasteiger partial charge in [0.25, 0.3) is 0 Å². The van der Waals surface area contributed by atoms with Crippen LogP contribution >= 0.6 is 5.15 Å². The zero-order chi connectivity index (χ0) is 20.5. The first-order chi connectivity index (χ1) is 13.9. The molecule has 0 atom stereocenters. The number of carbonyl (C=O) groups is 1. The van der Waals surface area contributed by atoms with E-state index in [0.29, 0.717) is 0 Å². The van der Waals surface area contributed by atoms with E-state index in [0.717, 1.165) is 5.57 Å². The fourth-order valence-electron chi connectivity index (χ4n) is 3.74. The third kappa shape index (κ3) is 3.67. The Hall–Kier alpha value is -1.96. The zero-order valence-corrected chi connectivity index (χ0v) is 19.9. The van der Waals surface area contributed by atoms with Crippen LogP contribution in [0.5, 0.6) is 0 Å². The van der Waals surface area contributed by atoms with Crippen molar-refractivity contribution < 1.29 is 28.8 Å². The van der Waals surface area contributed by atoms with Gasteiger partial charge in [-0.25, -0.2) is 0 Å². The first-order valence-electron chi connectivity index (χ1n) is 9.65. The molecular formula is C25H25AuO2P. The number of hydrogen-bond acceptors (Lipinski definition) is 2. The van der Waals surface area contributed by atoms with E-state index in [1.165, 1.54) is 19.7 Å². The second-order valence-corrected chi connectivity index (χ2v) is 18.2. The summed E-state index contributed by atoms with van der Waals surface area (Å²) in [5.41, 5.74) is 0.260. The van der Waals surface area contributed by atoms with Crippen LogP contribution in [0.1, 0.15) is 20.8 Å². The maximum atomic E-state index is 12.4. The zero-order valence-electron chi connectivity index (χ0n) is 16.8. The molecule has 4 heteroatoms. The molecule has 0 aromatic heterocycles. The summed E-state index contributed by atoms with van der Waals surface area (Å²) in [6.07, 6.45) is 0. The van der Waals surface area contributed by atoms with Gasteiger partial charge in [0.05, 0.1) is 0 Å². The van der Waals surface area contributed by atoms with Gasteiger partial charge >= 0.3 is 183 Å². The number of rotatable bonds is 5. The molecule has 0 spiro atoms. The fraction of sp³-hybridized carbons (Fsp3) is 0.160. The van der Waals surface area contributed by atoms with Gasteiger partial charge in [-0.15, -0.1) is 0 Å². The van der Waals surface area contributed by atoms with Crippen molar-refractivity contribution in [3.63, 3.8) is 0 Å². The van der Waals surface area contributed by atoms with Crippen LogP contribution in [-0.4, -0.2) is 11.6 Å². The molecule has 0 saturated carbocycles. The molecule has 0 amide bonds. The molecule has 2 nitrogen and oxygen atoms in total. The minimum atomic E-state index is -2.34. The van der Waals surface area contributed by atoms with E-state index in [-0.39, 0.29) is 5.97 Å². The average Bonchev–Trinajstić information content (AvgIpc) is 2.94. The third-order valence-electron chi connectivity index (χ3n) is 5.07. The minimum absolute atomic E-state index is 0.168. The summed E-state index contributed by atoms with van der Waals surface area (Å²) in [7, 11) is 0. The van der Waals surface area contributed by atoms with Gasteiger partial charge in [-0.3, -0.25) is 0 Å². The van der Waals surface area contributed by atoms with E-state index in [1.807, 2.05) is 20.8 Å². The van der Waals surface area contributed by atoms with Crippen LogP contribution in [0, 0.1) is 0 Å². The summed E-state index contributed by atoms with van der Waals surface area (Å²) >= 11 is -0.393. The average molecular weight is 585 g/mol. The van der Waals surface area contributed by atoms with Crippen molar-refractivity contribution >= 4 is 27.0 Å². The monoisotopic (exact) mass is 585 g/mol. The molecule has 3 aromatic rings. The third-order valence-corrected chi connectivity index (χ3v) is 20.5. The Morgan fingerprint density at radius 2 is 1.10 bits per heavy atom. The first-order valence-corrected chi connectivity index (χ1v) is 15.8. The Morgan fingerprint density at radius 3 is 1.41 bits per heavy atom. The van der Waals surface area contributed by atoms with Crippen LogP contribution in [-0.2, 0) is 28.8 Å². The molecule has 1 aliphatic heterocycles. The van der Waals surface area contributed by atoms with Crippen LogP contribution in [0.3, 0.4) is 0 Å². The summed E-state index contributed by atoms with van der Waals surface area (Å²) in [5, 5.41) is 1.81. The summed E-state index contributed by atoms with van der Waals surface area (Å²) < 4.78 is 6.97. The molecule has 29 heavy (non-hydrogen) atoms. The summed E-state index contributed by atoms with van der Waals surface area (Å²) in [6, 6.07) is 32.6. The molecule has 1 aliphatic rings. The molecule has 153 valence electrons. The molecule has 0 N–H and O–H groups in total. The molecule has 4 rings (SSSR count). The summed E-state index contributed by atoms with van der Waals surface area (Å²) in [5.74, 6) is -0.168. The van der Waals surface area contributed by atoms with Crippen molar-refractivity contribution in [2.75, 3.05) is 0 Å². The van der Waals surface area contributed by atoms with Gasteiger partial charge in [0.1, 0.15) is 0 Å². The Kier molecular flexibility index (Phi) is 5.64. The SMILES string of the molecule is CC1=[C]([Au][PH](c2ccccc2)(c2ccccc2)c2ccccc2)C(C)(C)OC1=O. The normalized spacial score (nSPS) is 16.7. The molecule has 0 fully saturated rings. The Bertz CT molecular complexity index is 947. The van der Waals surface area contributed by atoms with E-state index in [1.54, 1.807) is 0 Å². The Morgan fingerprint density at radius 1 is 0.724 bits per heavy atom. The van der Waals surface area contributed by atoms with Gasteiger partial charge in [-0.2, -0.15) is 0 Å². The van der Waals surface area contributed by atoms with Crippen molar-refractivity contribution in [3.8, 4) is 0 Å². The van der Waals surface area contributed by atoms with Gasteiger partial charge in [0, 0.05) is 0 Å². The standard InChI is InChI=1S/C18H15P.C7H9O2.Au/c1-4-10-16(11-5-1)19(17-12-6-2-7-13-17)18-14-8-3-9-15-18;1-5-4-7(2,3)9-6(5)8;/h1-15H;1-3H3;/q;;-1/p+1. The van der Waals surface area contributed by atoms with Gasteiger partial charge < -0.3 is 0 Å². The van der Waals surface area contributed by atoms with Crippen molar-refractivity contribution in [2.24, 2.45) is 0 Å². The fourth-order valence-corrected chi connectivity index (χ4v) is 19.4. The summed E-state index contributed by atoms with van der Waals surface area (Å²) in [6.45, 7) is 6.00. The van der Waals surface area contributed by atoms with E-state index < -0.39 is 30.0 Å². The topological polar surface area (TPSA) is 26.3 Å². The number of carbonyl (C=O) groups excluding carboxylic acids is 1. The van der Waals surface area contributed by atoms with E-state index in [2.05, 4.69) is 91.0 Å². The summed E-state index contributed by atoms with van der Waals surface area (Å²) in [4.78, 5) is 12.4.